The minimum Gasteiger partial charge on any atom is -0.326 e. The molecule has 0 bridgehead atoms. The molecule has 0 fully saturated rings. The van der Waals surface area contributed by atoms with Crippen LogP contribution in [0.4, 0.5) is 11.5 Å². The number of hydrogen-bond acceptors (Lipinski definition) is 3. The predicted molar refractivity (Wildman–Crippen MR) is 100 cm³/mol. The van der Waals surface area contributed by atoms with E-state index >= 15 is 0 Å². The normalized spacial score (nSPS) is 12.3. The summed E-state index contributed by atoms with van der Waals surface area (Å²) < 4.78 is 0. The van der Waals surface area contributed by atoms with Crippen LogP contribution in [0.25, 0.3) is 0 Å². The smallest absolute Gasteiger partial charge is 0.256 e. The minimum absolute atomic E-state index is 0.0512. The zero-order valence-corrected chi connectivity index (χ0v) is 15.2. The van der Waals surface area contributed by atoms with Gasteiger partial charge in [0.05, 0.1) is 0 Å². The largest absolute Gasteiger partial charge is 0.326 e. The lowest BCUT2D eigenvalue weighted by atomic mass is 9.80. The Balaban J connectivity index is 2.01. The summed E-state index contributed by atoms with van der Waals surface area (Å²) in [5, 5.41) is 5.60. The van der Waals surface area contributed by atoms with Gasteiger partial charge in [-0.05, 0) is 41.7 Å². The Morgan fingerprint density at radius 2 is 1.84 bits per heavy atom. The van der Waals surface area contributed by atoms with Gasteiger partial charge in [0.25, 0.3) is 5.91 Å². The molecule has 0 radical (unpaired) electrons. The van der Waals surface area contributed by atoms with Crippen LogP contribution in [0.1, 0.15) is 44.5 Å². The van der Waals surface area contributed by atoms with Crippen LogP contribution < -0.4 is 10.6 Å². The molecular formula is C20H25N3O2. The summed E-state index contributed by atoms with van der Waals surface area (Å²) in [6, 6.07) is 12.2. The highest BCUT2D eigenvalue weighted by Gasteiger charge is 2.22. The van der Waals surface area contributed by atoms with Gasteiger partial charge in [-0.1, -0.05) is 39.8 Å². The van der Waals surface area contributed by atoms with Crippen molar-refractivity contribution >= 4 is 23.3 Å². The molecule has 5 nitrogen and oxygen atoms in total. The van der Waals surface area contributed by atoms with Gasteiger partial charge in [-0.2, -0.15) is 0 Å². The molecule has 1 aromatic carbocycles. The number of benzene rings is 1. The lowest BCUT2D eigenvalue weighted by molar-refractivity contribution is -0.117. The summed E-state index contributed by atoms with van der Waals surface area (Å²) in [5.74, 6) is 0.423. The van der Waals surface area contributed by atoms with Gasteiger partial charge in [-0.15, -0.1) is 0 Å². The number of pyridine rings is 1. The molecule has 2 rings (SSSR count). The van der Waals surface area contributed by atoms with Crippen LogP contribution in [0, 0.1) is 11.3 Å². The second-order valence-corrected chi connectivity index (χ2v) is 7.27. The van der Waals surface area contributed by atoms with E-state index < -0.39 is 0 Å². The number of rotatable bonds is 5. The van der Waals surface area contributed by atoms with Gasteiger partial charge in [0.1, 0.15) is 5.82 Å². The van der Waals surface area contributed by atoms with Gasteiger partial charge in [-0.3, -0.25) is 9.59 Å². The fourth-order valence-corrected chi connectivity index (χ4v) is 2.16. The zero-order valence-electron chi connectivity index (χ0n) is 15.2. The number of carbonyl (C=O) groups excluding carboxylic acids is 2. The molecule has 0 aliphatic rings. The van der Waals surface area contributed by atoms with Crippen molar-refractivity contribution in [3.8, 4) is 0 Å². The molecule has 2 N–H and O–H groups in total. The Kier molecular flexibility index (Phi) is 5.91. The number of aromatic nitrogens is 1. The van der Waals surface area contributed by atoms with E-state index in [0.29, 0.717) is 23.5 Å². The number of nitrogens with zero attached hydrogens (tertiary/aromatic N) is 1. The van der Waals surface area contributed by atoms with Crippen LogP contribution in [0.2, 0.25) is 0 Å². The molecule has 132 valence electrons. The third-order valence-electron chi connectivity index (χ3n) is 4.28. The molecule has 0 aliphatic carbocycles. The standard InChI is InChI=1S/C20H25N3O2/c1-14(20(2,3)4)12-18(24)22-16-9-7-8-15(13-16)19(25)23-17-10-5-6-11-21-17/h5-11,13-14H,12H2,1-4H3,(H,22,24)(H,21,23,25). The van der Waals surface area contributed by atoms with E-state index in [1.54, 1.807) is 48.7 Å². The first-order chi connectivity index (χ1) is 11.8. The molecule has 0 aliphatic heterocycles. The predicted octanol–water partition coefficient (Wildman–Crippen LogP) is 4.34. The van der Waals surface area contributed by atoms with Gasteiger partial charge in [0.15, 0.2) is 0 Å². The Bertz CT molecular complexity index is 736. The van der Waals surface area contributed by atoms with Crippen molar-refractivity contribution in [2.45, 2.75) is 34.1 Å². The van der Waals surface area contributed by atoms with E-state index in [4.69, 9.17) is 0 Å². The molecule has 0 saturated heterocycles. The summed E-state index contributed by atoms with van der Waals surface area (Å²) in [6.07, 6.45) is 2.05. The Morgan fingerprint density at radius 1 is 1.08 bits per heavy atom. The SMILES string of the molecule is CC(CC(=O)Nc1cccc(C(=O)Nc2ccccn2)c1)C(C)(C)C. The molecule has 1 aromatic heterocycles. The van der Waals surface area contributed by atoms with Crippen molar-refractivity contribution in [1.29, 1.82) is 0 Å². The van der Waals surface area contributed by atoms with Crippen molar-refractivity contribution in [2.75, 3.05) is 10.6 Å². The van der Waals surface area contributed by atoms with Crippen LogP contribution >= 0.6 is 0 Å². The number of nitrogens with one attached hydrogen (secondary N) is 2. The van der Waals surface area contributed by atoms with Gasteiger partial charge < -0.3 is 10.6 Å². The molecule has 1 atom stereocenters. The highest BCUT2D eigenvalue weighted by atomic mass is 16.2. The molecule has 25 heavy (non-hydrogen) atoms. The Hall–Kier alpha value is -2.69. The summed E-state index contributed by atoms with van der Waals surface area (Å²) >= 11 is 0. The zero-order chi connectivity index (χ0) is 18.4. The van der Waals surface area contributed by atoms with E-state index in [0.717, 1.165) is 0 Å². The molecule has 0 saturated carbocycles. The molecule has 1 heterocycles. The second-order valence-electron chi connectivity index (χ2n) is 7.27. The maximum absolute atomic E-state index is 12.3. The average molecular weight is 339 g/mol. The first-order valence-corrected chi connectivity index (χ1v) is 8.38. The van der Waals surface area contributed by atoms with Crippen LogP contribution in [0.5, 0.6) is 0 Å². The summed E-state index contributed by atoms with van der Waals surface area (Å²) in [4.78, 5) is 28.6. The summed E-state index contributed by atoms with van der Waals surface area (Å²) in [7, 11) is 0. The van der Waals surface area contributed by atoms with Crippen molar-refractivity contribution in [3.05, 3.63) is 54.2 Å². The fourth-order valence-electron chi connectivity index (χ4n) is 2.16. The summed E-state index contributed by atoms with van der Waals surface area (Å²) in [6.45, 7) is 8.42. The lowest BCUT2D eigenvalue weighted by Gasteiger charge is -2.26. The molecule has 2 amide bonds. The van der Waals surface area contributed by atoms with Crippen LogP contribution in [0.3, 0.4) is 0 Å². The van der Waals surface area contributed by atoms with Gasteiger partial charge in [-0.25, -0.2) is 4.98 Å². The molecule has 2 aromatic rings. The van der Waals surface area contributed by atoms with Gasteiger partial charge >= 0.3 is 0 Å². The van der Waals surface area contributed by atoms with E-state index in [2.05, 4.69) is 43.3 Å². The maximum atomic E-state index is 12.3. The average Bonchev–Trinajstić information content (AvgIpc) is 2.55. The first kappa shape index (κ1) is 18.6. The highest BCUT2D eigenvalue weighted by Crippen LogP contribution is 2.28. The highest BCUT2D eigenvalue weighted by molar-refractivity contribution is 6.04. The number of amides is 2. The van der Waals surface area contributed by atoms with Crippen LogP contribution in [0.15, 0.2) is 48.7 Å². The molecule has 0 spiro atoms. The molecule has 5 heteroatoms. The minimum atomic E-state index is -0.266. The third kappa shape index (κ3) is 5.71. The monoisotopic (exact) mass is 339 g/mol. The lowest BCUT2D eigenvalue weighted by Crippen LogP contribution is -2.24. The number of hydrogen-bond donors (Lipinski definition) is 2. The second kappa shape index (κ2) is 7.92. The van der Waals surface area contributed by atoms with Crippen molar-refractivity contribution in [2.24, 2.45) is 11.3 Å². The van der Waals surface area contributed by atoms with Crippen molar-refractivity contribution < 1.29 is 9.59 Å². The van der Waals surface area contributed by atoms with E-state index in [-0.39, 0.29) is 23.1 Å². The van der Waals surface area contributed by atoms with Gasteiger partial charge in [0, 0.05) is 23.9 Å². The van der Waals surface area contributed by atoms with E-state index in [1.807, 2.05) is 0 Å². The maximum Gasteiger partial charge on any atom is 0.256 e. The van der Waals surface area contributed by atoms with Crippen LogP contribution in [-0.2, 0) is 4.79 Å². The molecular weight excluding hydrogens is 314 g/mol. The summed E-state index contributed by atoms with van der Waals surface area (Å²) in [5.41, 5.74) is 1.15. The third-order valence-corrected chi connectivity index (χ3v) is 4.28. The Morgan fingerprint density at radius 3 is 2.48 bits per heavy atom. The first-order valence-electron chi connectivity index (χ1n) is 8.38. The van der Waals surface area contributed by atoms with Crippen LogP contribution in [-0.4, -0.2) is 16.8 Å². The quantitative estimate of drug-likeness (QED) is 0.851. The Labute approximate surface area is 148 Å². The van der Waals surface area contributed by atoms with Crippen molar-refractivity contribution in [1.82, 2.24) is 4.98 Å². The van der Waals surface area contributed by atoms with Gasteiger partial charge in [0.2, 0.25) is 5.91 Å². The van der Waals surface area contributed by atoms with Crippen molar-refractivity contribution in [3.63, 3.8) is 0 Å². The molecule has 1 unspecified atom stereocenters. The van der Waals surface area contributed by atoms with E-state index in [1.165, 1.54) is 0 Å². The number of anilines is 2. The number of carbonyl (C=O) groups is 2. The topological polar surface area (TPSA) is 71.1 Å². The fraction of sp³-hybridized carbons (Fsp3) is 0.350. The van der Waals surface area contributed by atoms with E-state index in [9.17, 15) is 9.59 Å².